The fraction of sp³-hybridized carbons (Fsp3) is 0.222. The van der Waals surface area contributed by atoms with Gasteiger partial charge in [0.2, 0.25) is 0 Å². The third-order valence-electron chi connectivity index (χ3n) is 3.55. The van der Waals surface area contributed by atoms with Gasteiger partial charge in [-0.2, -0.15) is 18.3 Å². The van der Waals surface area contributed by atoms with Crippen molar-refractivity contribution in [1.82, 2.24) is 0 Å². The molecule has 0 aliphatic rings. The van der Waals surface area contributed by atoms with E-state index in [1.54, 1.807) is 48.5 Å². The molecule has 0 amide bonds. The topological polar surface area (TPSA) is 48.7 Å². The number of nitrogens with one attached hydrogen (secondary N) is 1. The van der Waals surface area contributed by atoms with E-state index in [1.807, 2.05) is 6.26 Å². The minimum absolute atomic E-state index is 0.173. The largest absolute Gasteiger partial charge is 0.497 e. The third-order valence-corrected chi connectivity index (χ3v) is 4.30. The van der Waals surface area contributed by atoms with E-state index in [9.17, 15) is 13.2 Å². The Kier molecular flexibility index (Phi) is 6.31. The molecule has 4 nitrogen and oxygen atoms in total. The first kappa shape index (κ1) is 19.8. The molecule has 0 atom stereocenters. The lowest BCUT2D eigenvalue weighted by Crippen LogP contribution is -2.30. The summed E-state index contributed by atoms with van der Waals surface area (Å²) in [5.41, 5.74) is -0.254. The lowest BCUT2D eigenvalue weighted by Gasteiger charge is -2.22. The van der Waals surface area contributed by atoms with Gasteiger partial charge >= 0.3 is 6.18 Å². The van der Waals surface area contributed by atoms with Gasteiger partial charge in [0.05, 0.1) is 12.8 Å². The number of thioether (sulfide) groups is 1. The van der Waals surface area contributed by atoms with Crippen molar-refractivity contribution in [2.75, 3.05) is 18.4 Å². The molecular weight excluding hydrogens is 363 g/mol. The summed E-state index contributed by atoms with van der Waals surface area (Å²) in [4.78, 5) is 0.959. The quantitative estimate of drug-likeness (QED) is 0.336. The number of rotatable bonds is 5. The average molecular weight is 381 g/mol. The number of ether oxygens (including phenoxy) is 1. The van der Waals surface area contributed by atoms with E-state index in [4.69, 9.17) is 10.1 Å². The van der Waals surface area contributed by atoms with E-state index in [0.717, 1.165) is 16.8 Å². The van der Waals surface area contributed by atoms with Gasteiger partial charge < -0.3 is 4.74 Å². The highest BCUT2D eigenvalue weighted by molar-refractivity contribution is 7.98. The second-order valence-corrected chi connectivity index (χ2v) is 6.15. The van der Waals surface area contributed by atoms with Crippen LogP contribution in [-0.4, -0.2) is 31.1 Å². The lowest BCUT2D eigenvalue weighted by molar-refractivity contribution is -0.0593. The van der Waals surface area contributed by atoms with Crippen molar-refractivity contribution in [3.05, 3.63) is 54.1 Å². The normalized spacial score (nSPS) is 12.0. The molecule has 0 bridgehead atoms. The number of hydrogen-bond donors (Lipinski definition) is 1. The van der Waals surface area contributed by atoms with Crippen molar-refractivity contribution in [3.8, 4) is 5.75 Å². The van der Waals surface area contributed by atoms with Crippen LogP contribution >= 0.6 is 11.8 Å². The molecule has 0 radical (unpaired) electrons. The smallest absolute Gasteiger partial charge is 0.430 e. The zero-order valence-corrected chi connectivity index (χ0v) is 15.3. The van der Waals surface area contributed by atoms with Crippen molar-refractivity contribution >= 4 is 29.0 Å². The number of nitrogens with zero attached hydrogens (tertiary/aromatic N) is 2. The maximum Gasteiger partial charge on any atom is 0.430 e. The van der Waals surface area contributed by atoms with Crippen LogP contribution < -0.4 is 9.75 Å². The number of hydrogen-bond acceptors (Lipinski definition) is 4. The minimum Gasteiger partial charge on any atom is -0.497 e. The maximum atomic E-state index is 13.0. The molecule has 26 heavy (non-hydrogen) atoms. The molecule has 138 valence electrons. The lowest BCUT2D eigenvalue weighted by atomic mass is 10.2. The van der Waals surface area contributed by atoms with Crippen LogP contribution in [0.1, 0.15) is 12.5 Å². The molecule has 1 N–H and O–H groups in total. The van der Waals surface area contributed by atoms with Crippen molar-refractivity contribution in [3.63, 3.8) is 0 Å². The highest BCUT2D eigenvalue weighted by Crippen LogP contribution is 2.25. The second kappa shape index (κ2) is 8.27. The standard InChI is InChI=1S/C18H18F3N3OS/c1-12(18(19,20)21)23-24(14-6-10-16(26-3)11-7-14)17(22)13-4-8-15(25-2)9-5-13/h4-11,22H,1-3H3/b22-17?,23-12+. The predicted molar refractivity (Wildman–Crippen MR) is 99.7 cm³/mol. The van der Waals surface area contributed by atoms with Crippen LogP contribution in [0.15, 0.2) is 58.5 Å². The van der Waals surface area contributed by atoms with Crippen LogP contribution in [-0.2, 0) is 0 Å². The molecule has 0 aromatic heterocycles. The van der Waals surface area contributed by atoms with Crippen molar-refractivity contribution in [1.29, 1.82) is 5.41 Å². The second-order valence-electron chi connectivity index (χ2n) is 5.27. The SMILES string of the molecule is COc1ccc(C(=N)N(/N=C(\C)C(F)(F)F)c2ccc(SC)cc2)cc1. The van der Waals surface area contributed by atoms with Gasteiger partial charge in [0.15, 0.2) is 5.84 Å². The van der Waals surface area contributed by atoms with Crippen LogP contribution in [0, 0.1) is 5.41 Å². The molecule has 0 saturated heterocycles. The van der Waals surface area contributed by atoms with Gasteiger partial charge in [-0.3, -0.25) is 5.41 Å². The van der Waals surface area contributed by atoms with Gasteiger partial charge in [-0.25, -0.2) is 5.01 Å². The molecule has 2 aromatic rings. The first-order chi connectivity index (χ1) is 12.3. The summed E-state index contributed by atoms with van der Waals surface area (Å²) in [6, 6.07) is 13.3. The summed E-state index contributed by atoms with van der Waals surface area (Å²) >= 11 is 1.51. The molecule has 8 heteroatoms. The first-order valence-electron chi connectivity index (χ1n) is 7.56. The molecule has 2 aromatic carbocycles. The fourth-order valence-corrected chi connectivity index (χ4v) is 2.45. The Morgan fingerprint density at radius 1 is 1.08 bits per heavy atom. The Labute approximate surface area is 154 Å². The molecule has 0 saturated carbocycles. The summed E-state index contributed by atoms with van der Waals surface area (Å²) in [6.07, 6.45) is -2.67. The number of benzene rings is 2. The summed E-state index contributed by atoms with van der Waals surface area (Å²) in [6.45, 7) is 0.880. The molecule has 0 unspecified atom stereocenters. The van der Waals surface area contributed by atoms with E-state index in [2.05, 4.69) is 5.10 Å². The van der Waals surface area contributed by atoms with E-state index in [1.165, 1.54) is 18.9 Å². The number of alkyl halides is 3. The highest BCUT2D eigenvalue weighted by Gasteiger charge is 2.33. The summed E-state index contributed by atoms with van der Waals surface area (Å²) in [5, 5.41) is 13.0. The van der Waals surface area contributed by atoms with Gasteiger partial charge in [0.25, 0.3) is 0 Å². The van der Waals surface area contributed by atoms with Crippen molar-refractivity contribution in [2.24, 2.45) is 5.10 Å². The zero-order chi connectivity index (χ0) is 19.3. The Morgan fingerprint density at radius 2 is 1.65 bits per heavy atom. The van der Waals surface area contributed by atoms with E-state index in [0.29, 0.717) is 17.0 Å². The molecule has 0 heterocycles. The van der Waals surface area contributed by atoms with E-state index >= 15 is 0 Å². The van der Waals surface area contributed by atoms with Gasteiger partial charge in [0, 0.05) is 10.5 Å². The Morgan fingerprint density at radius 3 is 2.12 bits per heavy atom. The minimum atomic E-state index is -4.57. The predicted octanol–water partition coefficient (Wildman–Crippen LogP) is 5.19. The highest BCUT2D eigenvalue weighted by atomic mass is 32.2. The van der Waals surface area contributed by atoms with Crippen LogP contribution in [0.2, 0.25) is 0 Å². The van der Waals surface area contributed by atoms with Crippen molar-refractivity contribution in [2.45, 2.75) is 18.0 Å². The van der Waals surface area contributed by atoms with Crippen LogP contribution in [0.5, 0.6) is 5.75 Å². The first-order valence-corrected chi connectivity index (χ1v) is 8.78. The number of anilines is 1. The average Bonchev–Trinajstić information content (AvgIpc) is 2.64. The van der Waals surface area contributed by atoms with Gasteiger partial charge in [-0.15, -0.1) is 11.8 Å². The third kappa shape index (κ3) is 4.78. The number of halogens is 3. The van der Waals surface area contributed by atoms with Gasteiger partial charge in [-0.1, -0.05) is 0 Å². The summed E-state index contributed by atoms with van der Waals surface area (Å²) in [7, 11) is 1.51. The molecule has 0 fully saturated rings. The monoisotopic (exact) mass is 381 g/mol. The Balaban J connectivity index is 2.45. The van der Waals surface area contributed by atoms with E-state index < -0.39 is 11.9 Å². The number of methoxy groups -OCH3 is 1. The summed E-state index contributed by atoms with van der Waals surface area (Å²) < 4.78 is 43.9. The van der Waals surface area contributed by atoms with Gasteiger partial charge in [-0.05, 0) is 61.7 Å². The summed E-state index contributed by atoms with van der Waals surface area (Å²) in [5.74, 6) is 0.417. The molecule has 0 aliphatic heterocycles. The Hall–Kier alpha value is -2.48. The molecule has 2 rings (SSSR count). The molecule has 0 spiro atoms. The number of amidine groups is 1. The maximum absolute atomic E-state index is 13.0. The van der Waals surface area contributed by atoms with Crippen LogP contribution in [0.4, 0.5) is 18.9 Å². The molecular formula is C18H18F3N3OS. The zero-order valence-electron chi connectivity index (χ0n) is 14.5. The van der Waals surface area contributed by atoms with Crippen LogP contribution in [0.25, 0.3) is 0 Å². The van der Waals surface area contributed by atoms with Gasteiger partial charge in [0.1, 0.15) is 11.5 Å². The molecule has 0 aliphatic carbocycles. The Bertz CT molecular complexity index is 787. The fourth-order valence-electron chi connectivity index (χ4n) is 2.04. The number of hydrazone groups is 1. The van der Waals surface area contributed by atoms with E-state index in [-0.39, 0.29) is 5.84 Å². The van der Waals surface area contributed by atoms with Crippen molar-refractivity contribution < 1.29 is 17.9 Å². The van der Waals surface area contributed by atoms with Crippen LogP contribution in [0.3, 0.4) is 0 Å².